The molecular weight excluding hydrogens is 511 g/mol. The molecule has 2 aromatic heterocycles. The first kappa shape index (κ1) is 26.7. The number of H-pyrrole nitrogens is 1. The Kier molecular flexibility index (Phi) is 6.83. The number of fused-ring (bicyclic) bond motifs is 1. The Balaban J connectivity index is 1.53. The van der Waals surface area contributed by atoms with E-state index in [2.05, 4.69) is 25.4 Å². The zero-order chi connectivity index (χ0) is 27.9. The van der Waals surface area contributed by atoms with Gasteiger partial charge in [-0.25, -0.2) is 4.68 Å². The summed E-state index contributed by atoms with van der Waals surface area (Å²) in [4.78, 5) is 20.4. The van der Waals surface area contributed by atoms with Crippen LogP contribution >= 0.6 is 0 Å². The van der Waals surface area contributed by atoms with Crippen molar-refractivity contribution < 1.29 is 17.9 Å². The molecule has 1 saturated heterocycles. The summed E-state index contributed by atoms with van der Waals surface area (Å²) in [7, 11) is 1.58. The molecule has 9 nitrogen and oxygen atoms in total. The number of rotatable bonds is 5. The highest BCUT2D eigenvalue weighted by Crippen LogP contribution is 2.34. The highest BCUT2D eigenvalue weighted by Gasteiger charge is 2.36. The number of aromatic nitrogens is 5. The monoisotopic (exact) mass is 541 g/mol. The van der Waals surface area contributed by atoms with Crippen LogP contribution in [-0.2, 0) is 11.7 Å². The molecule has 206 valence electrons. The van der Waals surface area contributed by atoms with Crippen molar-refractivity contribution in [3.63, 3.8) is 0 Å². The Labute approximate surface area is 223 Å². The van der Waals surface area contributed by atoms with Gasteiger partial charge in [0, 0.05) is 48.3 Å². The number of anilines is 1. The Morgan fingerprint density at radius 3 is 2.41 bits per heavy atom. The van der Waals surface area contributed by atoms with Gasteiger partial charge in [-0.1, -0.05) is 6.07 Å². The van der Waals surface area contributed by atoms with Crippen molar-refractivity contribution in [3.8, 4) is 5.75 Å². The predicted molar refractivity (Wildman–Crippen MR) is 141 cm³/mol. The van der Waals surface area contributed by atoms with Gasteiger partial charge in [0.25, 0.3) is 5.56 Å². The summed E-state index contributed by atoms with van der Waals surface area (Å²) in [5.74, 6) is 1.18. The van der Waals surface area contributed by atoms with Gasteiger partial charge in [-0.05, 0) is 73.7 Å². The molecule has 1 aliphatic rings. The highest BCUT2D eigenvalue weighted by atomic mass is 19.4. The van der Waals surface area contributed by atoms with Crippen LogP contribution in [0, 0.1) is 0 Å². The maximum absolute atomic E-state index is 13.4. The molecule has 5 rings (SSSR count). The van der Waals surface area contributed by atoms with Crippen molar-refractivity contribution in [1.29, 1.82) is 0 Å². The lowest BCUT2D eigenvalue weighted by Crippen LogP contribution is -2.49. The first-order valence-electron chi connectivity index (χ1n) is 12.6. The minimum atomic E-state index is -4.41. The summed E-state index contributed by atoms with van der Waals surface area (Å²) in [6, 6.07) is 12.0. The summed E-state index contributed by atoms with van der Waals surface area (Å²) in [5.41, 5.74) is 0.265. The van der Waals surface area contributed by atoms with Crippen molar-refractivity contribution in [2.24, 2.45) is 0 Å². The fraction of sp³-hybridized carbons (Fsp3) is 0.407. The molecule has 1 fully saturated rings. The Morgan fingerprint density at radius 1 is 1.00 bits per heavy atom. The number of methoxy groups -OCH3 is 1. The number of piperazine rings is 1. The maximum Gasteiger partial charge on any atom is 0.416 e. The molecule has 12 heteroatoms. The number of hydrogen-bond acceptors (Lipinski definition) is 7. The summed E-state index contributed by atoms with van der Waals surface area (Å²) in [6.07, 6.45) is -4.41. The molecule has 1 atom stereocenters. The van der Waals surface area contributed by atoms with Gasteiger partial charge in [0.05, 0.1) is 18.2 Å². The van der Waals surface area contributed by atoms with E-state index in [1.165, 1.54) is 12.1 Å². The zero-order valence-electron chi connectivity index (χ0n) is 22.2. The molecule has 0 saturated carbocycles. The van der Waals surface area contributed by atoms with Crippen LogP contribution in [0.4, 0.5) is 18.9 Å². The number of hydrogen-bond donors (Lipinski definition) is 1. The number of tetrazole rings is 1. The summed E-state index contributed by atoms with van der Waals surface area (Å²) >= 11 is 0. The normalized spacial score (nSPS) is 16.0. The average Bonchev–Trinajstić information content (AvgIpc) is 3.39. The number of nitrogens with one attached hydrogen (secondary N) is 1. The van der Waals surface area contributed by atoms with Gasteiger partial charge in [-0.15, -0.1) is 5.10 Å². The van der Waals surface area contributed by atoms with Crippen molar-refractivity contribution in [1.82, 2.24) is 30.1 Å². The van der Waals surface area contributed by atoms with E-state index in [0.29, 0.717) is 54.5 Å². The average molecular weight is 542 g/mol. The third-order valence-corrected chi connectivity index (χ3v) is 6.97. The highest BCUT2D eigenvalue weighted by molar-refractivity contribution is 5.80. The van der Waals surface area contributed by atoms with Crippen molar-refractivity contribution in [3.05, 3.63) is 75.8 Å². The van der Waals surface area contributed by atoms with Crippen molar-refractivity contribution >= 4 is 16.6 Å². The van der Waals surface area contributed by atoms with Gasteiger partial charge in [-0.2, -0.15) is 13.2 Å². The quantitative estimate of drug-likeness (QED) is 0.405. The number of nitrogens with zero attached hydrogens (tertiary/aromatic N) is 6. The first-order chi connectivity index (χ1) is 18.5. The second-order valence-electron chi connectivity index (χ2n) is 10.6. The standard InChI is InChI=1S/C27H30F3N7O2/c1-26(2,3)37-24(32-33-34-37)23(21-15-17-14-20(39-4)8-9-22(17)31-25(21)38)36-12-10-35(11-13-36)19-7-5-6-18(16-19)27(28,29)30/h5-9,14-16,23H,10-13H2,1-4H3,(H,31,38)/t23-/m1/s1. The lowest BCUT2D eigenvalue weighted by Gasteiger charge is -2.40. The van der Waals surface area contributed by atoms with E-state index in [9.17, 15) is 18.0 Å². The molecule has 2 aromatic carbocycles. The molecule has 0 spiro atoms. The van der Waals surface area contributed by atoms with E-state index in [0.717, 1.165) is 11.5 Å². The van der Waals surface area contributed by atoms with Gasteiger partial charge < -0.3 is 14.6 Å². The van der Waals surface area contributed by atoms with Gasteiger partial charge in [0.2, 0.25) is 0 Å². The smallest absolute Gasteiger partial charge is 0.416 e. The van der Waals surface area contributed by atoms with Crippen LogP contribution in [0.1, 0.15) is 43.8 Å². The van der Waals surface area contributed by atoms with E-state index in [1.807, 2.05) is 37.8 Å². The lowest BCUT2D eigenvalue weighted by atomic mass is 10.0. The fourth-order valence-corrected chi connectivity index (χ4v) is 4.99. The molecule has 1 N–H and O–H groups in total. The molecule has 4 aromatic rings. The molecule has 1 aliphatic heterocycles. The molecule has 39 heavy (non-hydrogen) atoms. The van der Waals surface area contributed by atoms with Crippen LogP contribution in [0.5, 0.6) is 5.75 Å². The maximum atomic E-state index is 13.4. The lowest BCUT2D eigenvalue weighted by molar-refractivity contribution is -0.137. The Hall–Kier alpha value is -3.93. The van der Waals surface area contributed by atoms with Crippen molar-refractivity contribution in [2.45, 2.75) is 38.5 Å². The largest absolute Gasteiger partial charge is 0.497 e. The van der Waals surface area contributed by atoms with E-state index in [4.69, 9.17) is 4.74 Å². The van der Waals surface area contributed by atoms with Crippen LogP contribution in [-0.4, -0.2) is 63.4 Å². The second-order valence-corrected chi connectivity index (χ2v) is 10.6. The molecule has 0 radical (unpaired) electrons. The van der Waals surface area contributed by atoms with Crippen LogP contribution in [0.2, 0.25) is 0 Å². The van der Waals surface area contributed by atoms with E-state index < -0.39 is 23.3 Å². The summed E-state index contributed by atoms with van der Waals surface area (Å²) in [6.45, 7) is 7.82. The summed E-state index contributed by atoms with van der Waals surface area (Å²) < 4.78 is 47.0. The van der Waals surface area contributed by atoms with Gasteiger partial charge in [0.15, 0.2) is 5.82 Å². The van der Waals surface area contributed by atoms with Crippen LogP contribution in [0.15, 0.2) is 53.3 Å². The number of alkyl halides is 3. The number of ether oxygens (including phenoxy) is 1. The van der Waals surface area contributed by atoms with Gasteiger partial charge in [-0.3, -0.25) is 9.69 Å². The topological polar surface area (TPSA) is 92.2 Å². The first-order valence-corrected chi connectivity index (χ1v) is 12.6. The second kappa shape index (κ2) is 9.99. The Morgan fingerprint density at radius 2 is 1.74 bits per heavy atom. The third kappa shape index (κ3) is 5.33. The van der Waals surface area contributed by atoms with Crippen LogP contribution < -0.4 is 15.2 Å². The minimum Gasteiger partial charge on any atom is -0.497 e. The van der Waals surface area contributed by atoms with E-state index in [-0.39, 0.29) is 5.56 Å². The molecular formula is C27H30F3N7O2. The number of halogens is 3. The molecule has 0 unspecified atom stereocenters. The third-order valence-electron chi connectivity index (χ3n) is 6.97. The molecule has 0 bridgehead atoms. The van der Waals surface area contributed by atoms with Crippen LogP contribution in [0.3, 0.4) is 0 Å². The number of aromatic amines is 1. The summed E-state index contributed by atoms with van der Waals surface area (Å²) in [5, 5.41) is 13.3. The molecule has 3 heterocycles. The number of benzene rings is 2. The Bertz CT molecular complexity index is 1530. The minimum absolute atomic E-state index is 0.263. The van der Waals surface area contributed by atoms with Crippen molar-refractivity contribution in [2.75, 3.05) is 38.2 Å². The molecule has 0 amide bonds. The molecule has 0 aliphatic carbocycles. The zero-order valence-corrected chi connectivity index (χ0v) is 22.2. The van der Waals surface area contributed by atoms with Gasteiger partial charge in [0.1, 0.15) is 11.8 Å². The van der Waals surface area contributed by atoms with Crippen LogP contribution in [0.25, 0.3) is 10.9 Å². The van der Waals surface area contributed by atoms with Gasteiger partial charge >= 0.3 is 6.18 Å². The predicted octanol–water partition coefficient (Wildman–Crippen LogP) is 4.21. The van der Waals surface area contributed by atoms with E-state index >= 15 is 0 Å². The number of pyridine rings is 1. The fourth-order valence-electron chi connectivity index (χ4n) is 4.99. The SMILES string of the molecule is COc1ccc2[nH]c(=O)c([C@H](c3nnnn3C(C)(C)C)N3CCN(c4cccc(C(F)(F)F)c4)CC3)cc2c1. The van der Waals surface area contributed by atoms with E-state index in [1.54, 1.807) is 30.0 Å².